The summed E-state index contributed by atoms with van der Waals surface area (Å²) in [4.78, 5) is 0. The zero-order valence-electron chi connectivity index (χ0n) is 10.9. The Morgan fingerprint density at radius 3 is 2.89 bits per heavy atom. The van der Waals surface area contributed by atoms with Gasteiger partial charge in [0.25, 0.3) is 0 Å². The first-order valence-corrected chi connectivity index (χ1v) is 7.44. The highest BCUT2D eigenvalue weighted by atomic mass is 79.9. The molecule has 0 saturated carbocycles. The number of halogens is 1. The first-order valence-electron chi connectivity index (χ1n) is 6.65. The van der Waals surface area contributed by atoms with Crippen LogP contribution in [0.5, 0.6) is 11.5 Å². The van der Waals surface area contributed by atoms with Crippen LogP contribution in [-0.4, -0.2) is 25.5 Å². The van der Waals surface area contributed by atoms with E-state index >= 15 is 0 Å². The van der Waals surface area contributed by atoms with E-state index in [1.165, 1.54) is 5.56 Å². The molecule has 1 aromatic rings. The van der Waals surface area contributed by atoms with Crippen LogP contribution < -0.4 is 14.8 Å². The maximum absolute atomic E-state index is 5.56. The van der Waals surface area contributed by atoms with Crippen molar-refractivity contribution in [2.75, 3.05) is 13.4 Å². The summed E-state index contributed by atoms with van der Waals surface area (Å²) in [7, 11) is 0. The summed E-state index contributed by atoms with van der Waals surface area (Å²) in [6.45, 7) is 4.12. The molecule has 1 N–H and O–H groups in total. The molecule has 3 rings (SSSR count). The van der Waals surface area contributed by atoms with E-state index in [-0.39, 0.29) is 0 Å². The molecule has 1 fully saturated rings. The molecule has 19 heavy (non-hydrogen) atoms. The van der Waals surface area contributed by atoms with Crippen molar-refractivity contribution >= 4 is 15.9 Å². The van der Waals surface area contributed by atoms with Crippen molar-refractivity contribution in [3.63, 3.8) is 0 Å². The largest absolute Gasteiger partial charge is 0.454 e. The summed E-state index contributed by atoms with van der Waals surface area (Å²) < 4.78 is 17.4. The van der Waals surface area contributed by atoms with E-state index in [1.54, 1.807) is 0 Å². The average molecular weight is 328 g/mol. The Kier molecular flexibility index (Phi) is 3.96. The minimum absolute atomic E-state index is 0.316. The maximum atomic E-state index is 5.56. The van der Waals surface area contributed by atoms with Gasteiger partial charge in [0.15, 0.2) is 11.5 Å². The number of rotatable bonds is 3. The lowest BCUT2D eigenvalue weighted by atomic mass is 10.0. The Balaban J connectivity index is 1.63. The Labute approximate surface area is 121 Å². The molecule has 1 saturated heterocycles. The van der Waals surface area contributed by atoms with Gasteiger partial charge in [0, 0.05) is 23.7 Å². The summed E-state index contributed by atoms with van der Waals surface area (Å²) in [6.07, 6.45) is 2.50. The van der Waals surface area contributed by atoms with E-state index < -0.39 is 0 Å². The molecule has 4 nitrogen and oxygen atoms in total. The predicted octanol–water partition coefficient (Wildman–Crippen LogP) is 2.83. The molecule has 2 aliphatic rings. The van der Waals surface area contributed by atoms with Crippen LogP contribution in [0.15, 0.2) is 16.6 Å². The number of ether oxygens (including phenoxy) is 3. The minimum atomic E-state index is 0.316. The second-order valence-corrected chi connectivity index (χ2v) is 5.93. The first-order chi connectivity index (χ1) is 9.22. The lowest BCUT2D eigenvalue weighted by Gasteiger charge is -2.28. The lowest BCUT2D eigenvalue weighted by Crippen LogP contribution is -2.37. The molecule has 5 heteroatoms. The fraction of sp³-hybridized carbons (Fsp3) is 0.571. The Hall–Kier alpha value is -0.780. The van der Waals surface area contributed by atoms with Crippen molar-refractivity contribution in [3.8, 4) is 11.5 Å². The number of fused-ring (bicyclic) bond motifs is 1. The van der Waals surface area contributed by atoms with Gasteiger partial charge < -0.3 is 19.5 Å². The third-order valence-electron chi connectivity index (χ3n) is 3.61. The quantitative estimate of drug-likeness (QED) is 0.926. The van der Waals surface area contributed by atoms with E-state index in [4.69, 9.17) is 14.2 Å². The lowest BCUT2D eigenvalue weighted by molar-refractivity contribution is 0.0130. The van der Waals surface area contributed by atoms with Crippen molar-refractivity contribution in [3.05, 3.63) is 22.2 Å². The number of nitrogens with one attached hydrogen (secondary N) is 1. The Morgan fingerprint density at radius 2 is 2.11 bits per heavy atom. The Bertz CT molecular complexity index is 466. The fourth-order valence-corrected chi connectivity index (χ4v) is 3.00. The van der Waals surface area contributed by atoms with Crippen LogP contribution in [0.4, 0.5) is 0 Å². The van der Waals surface area contributed by atoms with Gasteiger partial charge >= 0.3 is 0 Å². The molecule has 1 aromatic carbocycles. The SMILES string of the molecule is CC1CC(NCc2cc3c(cc2Br)OCO3)CCO1. The number of benzene rings is 1. The molecule has 0 radical (unpaired) electrons. The van der Waals surface area contributed by atoms with E-state index in [1.807, 2.05) is 12.1 Å². The summed E-state index contributed by atoms with van der Waals surface area (Å²) in [6, 6.07) is 4.55. The minimum Gasteiger partial charge on any atom is -0.454 e. The summed E-state index contributed by atoms with van der Waals surface area (Å²) in [5.41, 5.74) is 1.20. The van der Waals surface area contributed by atoms with Crippen molar-refractivity contribution in [1.82, 2.24) is 5.32 Å². The molecule has 0 spiro atoms. The van der Waals surface area contributed by atoms with Gasteiger partial charge in [-0.05, 0) is 37.5 Å². The maximum Gasteiger partial charge on any atom is 0.231 e. The van der Waals surface area contributed by atoms with Crippen molar-refractivity contribution in [1.29, 1.82) is 0 Å². The fourth-order valence-electron chi connectivity index (χ4n) is 2.53. The van der Waals surface area contributed by atoms with E-state index in [0.29, 0.717) is 18.9 Å². The van der Waals surface area contributed by atoms with Crippen LogP contribution in [-0.2, 0) is 11.3 Å². The van der Waals surface area contributed by atoms with Crippen molar-refractivity contribution < 1.29 is 14.2 Å². The molecular weight excluding hydrogens is 310 g/mol. The molecule has 2 aliphatic heterocycles. The monoisotopic (exact) mass is 327 g/mol. The highest BCUT2D eigenvalue weighted by Crippen LogP contribution is 2.36. The van der Waals surface area contributed by atoms with Crippen LogP contribution in [0.25, 0.3) is 0 Å². The molecule has 0 amide bonds. The van der Waals surface area contributed by atoms with Crippen LogP contribution in [0.1, 0.15) is 25.3 Å². The Morgan fingerprint density at radius 1 is 1.32 bits per heavy atom. The third kappa shape index (κ3) is 3.04. The molecule has 2 heterocycles. The zero-order chi connectivity index (χ0) is 13.2. The van der Waals surface area contributed by atoms with Crippen molar-refractivity contribution in [2.24, 2.45) is 0 Å². The van der Waals surface area contributed by atoms with E-state index in [2.05, 4.69) is 28.2 Å². The molecule has 0 aromatic heterocycles. The van der Waals surface area contributed by atoms with Crippen LogP contribution in [0.3, 0.4) is 0 Å². The van der Waals surface area contributed by atoms with Gasteiger partial charge in [-0.15, -0.1) is 0 Å². The second-order valence-electron chi connectivity index (χ2n) is 5.08. The highest BCUT2D eigenvalue weighted by Gasteiger charge is 2.20. The predicted molar refractivity (Wildman–Crippen MR) is 75.5 cm³/mol. The van der Waals surface area contributed by atoms with Crippen molar-refractivity contribution in [2.45, 2.75) is 38.5 Å². The first kappa shape index (κ1) is 13.2. The van der Waals surface area contributed by atoms with Crippen LogP contribution >= 0.6 is 15.9 Å². The molecule has 2 atom stereocenters. The third-order valence-corrected chi connectivity index (χ3v) is 4.35. The molecule has 0 aliphatic carbocycles. The summed E-state index contributed by atoms with van der Waals surface area (Å²) in [5.74, 6) is 1.65. The van der Waals surface area contributed by atoms with Crippen LogP contribution in [0.2, 0.25) is 0 Å². The second kappa shape index (κ2) is 5.69. The summed E-state index contributed by atoms with van der Waals surface area (Å²) >= 11 is 3.59. The topological polar surface area (TPSA) is 39.7 Å². The van der Waals surface area contributed by atoms with Crippen LogP contribution in [0, 0.1) is 0 Å². The standard InChI is InChI=1S/C14H18BrNO3/c1-9-4-11(2-3-17-9)16-7-10-5-13-14(6-12(10)15)19-8-18-13/h5-6,9,11,16H,2-4,7-8H2,1H3. The van der Waals surface area contributed by atoms with Gasteiger partial charge in [0.1, 0.15) is 0 Å². The average Bonchev–Trinajstić information content (AvgIpc) is 2.83. The molecule has 2 unspecified atom stereocenters. The van der Waals surface area contributed by atoms with E-state index in [0.717, 1.165) is 42.0 Å². The molecule has 0 bridgehead atoms. The van der Waals surface area contributed by atoms with E-state index in [9.17, 15) is 0 Å². The molecule has 104 valence electrons. The highest BCUT2D eigenvalue weighted by molar-refractivity contribution is 9.10. The van der Waals surface area contributed by atoms with Gasteiger partial charge in [-0.25, -0.2) is 0 Å². The molecular formula is C14H18BrNO3. The zero-order valence-corrected chi connectivity index (χ0v) is 12.5. The van der Waals surface area contributed by atoms with Gasteiger partial charge in [-0.1, -0.05) is 15.9 Å². The number of hydrogen-bond donors (Lipinski definition) is 1. The van der Waals surface area contributed by atoms with Gasteiger partial charge in [0.05, 0.1) is 6.10 Å². The normalized spacial score (nSPS) is 25.6. The smallest absolute Gasteiger partial charge is 0.231 e. The number of hydrogen-bond acceptors (Lipinski definition) is 4. The van der Waals surface area contributed by atoms with Gasteiger partial charge in [0.2, 0.25) is 6.79 Å². The van der Waals surface area contributed by atoms with Gasteiger partial charge in [-0.3, -0.25) is 0 Å². The van der Waals surface area contributed by atoms with Gasteiger partial charge in [-0.2, -0.15) is 0 Å². The summed E-state index contributed by atoms with van der Waals surface area (Å²) in [5, 5.41) is 3.59.